The topological polar surface area (TPSA) is 77.8 Å². The average molecular weight is 298 g/mol. The standard InChI is InChI=1S/C14H16ClNO4/c15-10-2-3-11(12(17)7-10)14(20)16-6-5-9(8-16)1-4-13(18)19/h2-3,7,9,17H,1,4-6,8H2,(H,18,19). The number of aliphatic carboxylic acids is 1. The van der Waals surface area contributed by atoms with Crippen LogP contribution in [0.1, 0.15) is 29.6 Å². The van der Waals surface area contributed by atoms with E-state index >= 15 is 0 Å². The van der Waals surface area contributed by atoms with E-state index in [4.69, 9.17) is 16.7 Å². The molecule has 1 unspecified atom stereocenters. The van der Waals surface area contributed by atoms with Gasteiger partial charge in [0.2, 0.25) is 0 Å². The lowest BCUT2D eigenvalue weighted by Crippen LogP contribution is -2.28. The fraction of sp³-hybridized carbons (Fsp3) is 0.429. The van der Waals surface area contributed by atoms with Crippen LogP contribution in [0.2, 0.25) is 5.02 Å². The van der Waals surface area contributed by atoms with E-state index in [1.807, 2.05) is 0 Å². The van der Waals surface area contributed by atoms with Gasteiger partial charge in [0.1, 0.15) is 5.75 Å². The Morgan fingerprint density at radius 3 is 2.80 bits per heavy atom. The molecule has 1 heterocycles. The maximum atomic E-state index is 12.3. The normalized spacial score (nSPS) is 18.2. The molecule has 0 saturated carbocycles. The quantitative estimate of drug-likeness (QED) is 0.894. The molecule has 20 heavy (non-hydrogen) atoms. The summed E-state index contributed by atoms with van der Waals surface area (Å²) in [6.45, 7) is 1.12. The third-order valence-electron chi connectivity index (χ3n) is 3.53. The minimum absolute atomic E-state index is 0.124. The largest absolute Gasteiger partial charge is 0.507 e. The van der Waals surface area contributed by atoms with Crippen molar-refractivity contribution in [2.24, 2.45) is 5.92 Å². The number of phenols is 1. The summed E-state index contributed by atoms with van der Waals surface area (Å²) < 4.78 is 0. The first-order valence-electron chi connectivity index (χ1n) is 6.47. The van der Waals surface area contributed by atoms with Crippen molar-refractivity contribution < 1.29 is 19.8 Å². The van der Waals surface area contributed by atoms with Gasteiger partial charge in [-0.2, -0.15) is 0 Å². The Labute approximate surface area is 121 Å². The zero-order valence-corrected chi connectivity index (χ0v) is 11.6. The van der Waals surface area contributed by atoms with Crippen LogP contribution in [0, 0.1) is 5.92 Å². The van der Waals surface area contributed by atoms with Gasteiger partial charge in [-0.15, -0.1) is 0 Å². The number of likely N-dealkylation sites (tertiary alicyclic amines) is 1. The number of nitrogens with zero attached hydrogens (tertiary/aromatic N) is 1. The van der Waals surface area contributed by atoms with E-state index in [1.54, 1.807) is 11.0 Å². The van der Waals surface area contributed by atoms with Gasteiger partial charge < -0.3 is 15.1 Å². The first-order chi connectivity index (χ1) is 9.47. The van der Waals surface area contributed by atoms with Crippen LogP contribution in [0.3, 0.4) is 0 Å². The van der Waals surface area contributed by atoms with Crippen molar-refractivity contribution in [2.75, 3.05) is 13.1 Å². The molecule has 0 aromatic heterocycles. The van der Waals surface area contributed by atoms with Crippen LogP contribution >= 0.6 is 11.6 Å². The average Bonchev–Trinajstić information content (AvgIpc) is 2.84. The van der Waals surface area contributed by atoms with Crippen molar-refractivity contribution in [3.8, 4) is 5.75 Å². The van der Waals surface area contributed by atoms with Gasteiger partial charge in [0.25, 0.3) is 5.91 Å². The lowest BCUT2D eigenvalue weighted by atomic mass is 10.0. The van der Waals surface area contributed by atoms with Crippen molar-refractivity contribution in [3.63, 3.8) is 0 Å². The van der Waals surface area contributed by atoms with Crippen LogP contribution < -0.4 is 0 Å². The van der Waals surface area contributed by atoms with Crippen LogP contribution in [0.25, 0.3) is 0 Å². The number of hydrogen-bond donors (Lipinski definition) is 2. The van der Waals surface area contributed by atoms with Gasteiger partial charge in [-0.1, -0.05) is 11.6 Å². The van der Waals surface area contributed by atoms with Gasteiger partial charge in [-0.05, 0) is 37.0 Å². The van der Waals surface area contributed by atoms with Gasteiger partial charge in [0.15, 0.2) is 0 Å². The molecule has 0 radical (unpaired) electrons. The van der Waals surface area contributed by atoms with Crippen molar-refractivity contribution in [3.05, 3.63) is 28.8 Å². The number of halogens is 1. The minimum atomic E-state index is -0.815. The Kier molecular flexibility index (Phi) is 4.49. The second-order valence-corrected chi connectivity index (χ2v) is 5.44. The molecule has 0 aliphatic carbocycles. The Bertz CT molecular complexity index is 532. The first kappa shape index (κ1) is 14.7. The number of rotatable bonds is 4. The highest BCUT2D eigenvalue weighted by atomic mass is 35.5. The Morgan fingerprint density at radius 2 is 2.15 bits per heavy atom. The van der Waals surface area contributed by atoms with Crippen molar-refractivity contribution >= 4 is 23.5 Å². The molecule has 1 amide bonds. The second-order valence-electron chi connectivity index (χ2n) is 5.00. The number of hydrogen-bond acceptors (Lipinski definition) is 3. The van der Waals surface area contributed by atoms with Crippen LogP contribution in [-0.2, 0) is 4.79 Å². The summed E-state index contributed by atoms with van der Waals surface area (Å²) in [5.74, 6) is -0.969. The molecule has 0 bridgehead atoms. The molecule has 108 valence electrons. The van der Waals surface area contributed by atoms with E-state index < -0.39 is 5.97 Å². The van der Waals surface area contributed by atoms with E-state index in [9.17, 15) is 14.7 Å². The number of amides is 1. The number of phenolic OH excluding ortho intramolecular Hbond substituents is 1. The van der Waals surface area contributed by atoms with Crippen LogP contribution in [-0.4, -0.2) is 40.1 Å². The Morgan fingerprint density at radius 1 is 1.40 bits per heavy atom. The minimum Gasteiger partial charge on any atom is -0.507 e. The van der Waals surface area contributed by atoms with Crippen LogP contribution in [0.4, 0.5) is 0 Å². The van der Waals surface area contributed by atoms with E-state index in [0.29, 0.717) is 24.5 Å². The summed E-state index contributed by atoms with van der Waals surface area (Å²) in [6.07, 6.45) is 1.50. The highest BCUT2D eigenvalue weighted by molar-refractivity contribution is 6.30. The molecule has 1 fully saturated rings. The van der Waals surface area contributed by atoms with Crippen molar-refractivity contribution in [1.29, 1.82) is 0 Å². The molecule has 2 rings (SSSR count). The van der Waals surface area contributed by atoms with Gasteiger partial charge >= 0.3 is 5.97 Å². The van der Waals surface area contributed by atoms with E-state index in [2.05, 4.69) is 0 Å². The molecule has 0 spiro atoms. The summed E-state index contributed by atoms with van der Waals surface area (Å²) in [5.41, 5.74) is 0.230. The summed E-state index contributed by atoms with van der Waals surface area (Å²) in [4.78, 5) is 24.5. The third kappa shape index (κ3) is 3.42. The highest BCUT2D eigenvalue weighted by Crippen LogP contribution is 2.27. The molecule has 1 aromatic rings. The van der Waals surface area contributed by atoms with Crippen molar-refractivity contribution in [2.45, 2.75) is 19.3 Å². The number of carbonyl (C=O) groups is 2. The Hall–Kier alpha value is -1.75. The summed E-state index contributed by atoms with van der Waals surface area (Å²) in [7, 11) is 0. The van der Waals surface area contributed by atoms with Crippen LogP contribution in [0.5, 0.6) is 5.75 Å². The first-order valence-corrected chi connectivity index (χ1v) is 6.84. The SMILES string of the molecule is O=C(O)CCC1CCN(C(=O)c2ccc(Cl)cc2O)C1. The molecular weight excluding hydrogens is 282 g/mol. The number of carboxylic acid groups (broad SMARTS) is 1. The molecule has 6 heteroatoms. The molecule has 1 atom stereocenters. The number of carbonyl (C=O) groups excluding carboxylic acids is 1. The molecule has 1 aromatic carbocycles. The lowest BCUT2D eigenvalue weighted by molar-refractivity contribution is -0.137. The Balaban J connectivity index is 1.99. The molecule has 5 nitrogen and oxygen atoms in total. The van der Waals surface area contributed by atoms with Gasteiger partial charge in [0.05, 0.1) is 5.56 Å². The fourth-order valence-corrected chi connectivity index (χ4v) is 2.60. The fourth-order valence-electron chi connectivity index (χ4n) is 2.44. The molecular formula is C14H16ClNO4. The van der Waals surface area contributed by atoms with Crippen LogP contribution in [0.15, 0.2) is 18.2 Å². The molecule has 1 saturated heterocycles. The zero-order chi connectivity index (χ0) is 14.7. The molecule has 1 aliphatic heterocycles. The predicted octanol–water partition coefficient (Wildman–Crippen LogP) is 2.37. The highest BCUT2D eigenvalue weighted by Gasteiger charge is 2.28. The lowest BCUT2D eigenvalue weighted by Gasteiger charge is -2.17. The molecule has 2 N–H and O–H groups in total. The smallest absolute Gasteiger partial charge is 0.303 e. The summed E-state index contributed by atoms with van der Waals surface area (Å²) in [6, 6.07) is 4.41. The monoisotopic (exact) mass is 297 g/mol. The van der Waals surface area contributed by atoms with Gasteiger partial charge in [-0.3, -0.25) is 9.59 Å². The zero-order valence-electron chi connectivity index (χ0n) is 10.9. The molecule has 1 aliphatic rings. The van der Waals surface area contributed by atoms with E-state index in [1.165, 1.54) is 12.1 Å². The number of aromatic hydroxyl groups is 1. The van der Waals surface area contributed by atoms with Gasteiger partial charge in [-0.25, -0.2) is 0 Å². The number of carboxylic acids is 1. The van der Waals surface area contributed by atoms with E-state index in [-0.39, 0.29) is 29.6 Å². The second kappa shape index (κ2) is 6.13. The van der Waals surface area contributed by atoms with Gasteiger partial charge in [0, 0.05) is 24.5 Å². The third-order valence-corrected chi connectivity index (χ3v) is 3.76. The predicted molar refractivity (Wildman–Crippen MR) is 74.0 cm³/mol. The summed E-state index contributed by atoms with van der Waals surface area (Å²) >= 11 is 5.73. The maximum absolute atomic E-state index is 12.3. The van der Waals surface area contributed by atoms with E-state index in [0.717, 1.165) is 6.42 Å². The number of benzene rings is 1. The van der Waals surface area contributed by atoms with Crippen molar-refractivity contribution in [1.82, 2.24) is 4.90 Å². The summed E-state index contributed by atoms with van der Waals surface area (Å²) in [5, 5.41) is 18.8. The maximum Gasteiger partial charge on any atom is 0.303 e.